The van der Waals surface area contributed by atoms with E-state index in [1.54, 1.807) is 38.5 Å². The molecule has 0 fully saturated rings. The Morgan fingerprint density at radius 3 is 2.44 bits per heavy atom. The van der Waals surface area contributed by atoms with E-state index in [4.69, 9.17) is 14.2 Å². The Balaban J connectivity index is 1.57. The van der Waals surface area contributed by atoms with Gasteiger partial charge in [0.1, 0.15) is 22.8 Å². The van der Waals surface area contributed by atoms with E-state index in [1.165, 1.54) is 0 Å². The van der Waals surface area contributed by atoms with Crippen molar-refractivity contribution in [2.45, 2.75) is 24.9 Å². The zero-order chi connectivity index (χ0) is 19.3. The number of methoxy groups -OCH3 is 2. The molecule has 0 aliphatic heterocycles. The van der Waals surface area contributed by atoms with E-state index in [1.807, 2.05) is 18.2 Å². The largest absolute Gasteiger partial charge is 0.497 e. The summed E-state index contributed by atoms with van der Waals surface area (Å²) in [7, 11) is 3.22. The van der Waals surface area contributed by atoms with Crippen LogP contribution in [0.1, 0.15) is 24.0 Å². The summed E-state index contributed by atoms with van der Waals surface area (Å²) >= 11 is 0. The standard InChI is InChI=1S/C21H25NO5/c1-25-16-5-7-17(8-6-16)27-13-20(23)22-14-21(24)11-3-4-15-12-18(26-2)9-10-19(15)21/h5-10,12,24H,3-4,11,13-14H2,1-2H3,(H,22,23). The molecule has 0 aromatic heterocycles. The molecular weight excluding hydrogens is 346 g/mol. The van der Waals surface area contributed by atoms with Crippen molar-refractivity contribution in [1.82, 2.24) is 5.32 Å². The third-order valence-electron chi connectivity index (χ3n) is 4.86. The summed E-state index contributed by atoms with van der Waals surface area (Å²) in [6.45, 7) is 0.0367. The second kappa shape index (κ2) is 8.31. The molecule has 27 heavy (non-hydrogen) atoms. The molecule has 2 N–H and O–H groups in total. The first kappa shape index (κ1) is 19.0. The van der Waals surface area contributed by atoms with Gasteiger partial charge in [-0.2, -0.15) is 0 Å². The highest BCUT2D eigenvalue weighted by Crippen LogP contribution is 2.36. The van der Waals surface area contributed by atoms with Gasteiger partial charge in [-0.3, -0.25) is 4.79 Å². The van der Waals surface area contributed by atoms with E-state index in [0.29, 0.717) is 12.2 Å². The van der Waals surface area contributed by atoms with Gasteiger partial charge in [-0.25, -0.2) is 0 Å². The van der Waals surface area contributed by atoms with Gasteiger partial charge in [-0.1, -0.05) is 6.07 Å². The molecule has 144 valence electrons. The lowest BCUT2D eigenvalue weighted by Gasteiger charge is -2.34. The average molecular weight is 371 g/mol. The van der Waals surface area contributed by atoms with Crippen LogP contribution in [0.5, 0.6) is 17.2 Å². The van der Waals surface area contributed by atoms with Crippen molar-refractivity contribution in [3.63, 3.8) is 0 Å². The summed E-state index contributed by atoms with van der Waals surface area (Å²) in [5.41, 5.74) is 0.841. The summed E-state index contributed by atoms with van der Waals surface area (Å²) in [6, 6.07) is 12.7. The first-order valence-electron chi connectivity index (χ1n) is 8.97. The maximum Gasteiger partial charge on any atom is 0.258 e. The van der Waals surface area contributed by atoms with Crippen molar-refractivity contribution in [3.8, 4) is 17.2 Å². The van der Waals surface area contributed by atoms with Gasteiger partial charge in [0, 0.05) is 0 Å². The van der Waals surface area contributed by atoms with Crippen LogP contribution in [0, 0.1) is 0 Å². The molecule has 0 radical (unpaired) electrons. The maximum atomic E-state index is 12.1. The van der Waals surface area contributed by atoms with Crippen molar-refractivity contribution in [3.05, 3.63) is 53.6 Å². The molecule has 0 saturated heterocycles. The number of carbonyl (C=O) groups is 1. The summed E-state index contributed by atoms with van der Waals surface area (Å²) < 4.78 is 15.8. The van der Waals surface area contributed by atoms with Gasteiger partial charge < -0.3 is 24.6 Å². The molecule has 6 nitrogen and oxygen atoms in total. The molecule has 2 aromatic rings. The predicted molar refractivity (Wildman–Crippen MR) is 101 cm³/mol. The second-order valence-corrected chi connectivity index (χ2v) is 6.65. The molecule has 3 rings (SSSR count). The lowest BCUT2D eigenvalue weighted by molar-refractivity contribution is -0.124. The number of fused-ring (bicyclic) bond motifs is 1. The molecule has 1 aliphatic rings. The zero-order valence-corrected chi connectivity index (χ0v) is 15.7. The number of benzene rings is 2. The third kappa shape index (κ3) is 4.52. The Kier molecular flexibility index (Phi) is 5.86. The van der Waals surface area contributed by atoms with Gasteiger partial charge in [0.25, 0.3) is 5.91 Å². The average Bonchev–Trinajstić information content (AvgIpc) is 2.71. The van der Waals surface area contributed by atoms with Gasteiger partial charge in [0.15, 0.2) is 6.61 Å². The van der Waals surface area contributed by atoms with Crippen LogP contribution >= 0.6 is 0 Å². The predicted octanol–water partition coefficient (Wildman–Crippen LogP) is 2.42. The zero-order valence-electron chi connectivity index (χ0n) is 15.7. The van der Waals surface area contributed by atoms with Crippen LogP contribution < -0.4 is 19.5 Å². The highest BCUT2D eigenvalue weighted by Gasteiger charge is 2.34. The van der Waals surface area contributed by atoms with Gasteiger partial charge >= 0.3 is 0 Å². The van der Waals surface area contributed by atoms with Crippen molar-refractivity contribution < 1.29 is 24.1 Å². The molecule has 0 spiro atoms. The van der Waals surface area contributed by atoms with Crippen LogP contribution in [0.15, 0.2) is 42.5 Å². The number of hydrogen-bond acceptors (Lipinski definition) is 5. The number of ether oxygens (including phenoxy) is 3. The Bertz CT molecular complexity index is 790. The fraction of sp³-hybridized carbons (Fsp3) is 0.381. The van der Waals surface area contributed by atoms with Gasteiger partial charge in [0.2, 0.25) is 0 Å². The monoisotopic (exact) mass is 371 g/mol. The molecule has 1 unspecified atom stereocenters. The Morgan fingerprint density at radius 1 is 1.07 bits per heavy atom. The SMILES string of the molecule is COc1ccc(OCC(=O)NCC2(O)CCCc3cc(OC)ccc32)cc1. The van der Waals surface area contributed by atoms with Crippen molar-refractivity contribution in [1.29, 1.82) is 0 Å². The molecule has 2 aromatic carbocycles. The van der Waals surface area contributed by atoms with Gasteiger partial charge in [-0.05, 0) is 66.8 Å². The summed E-state index contributed by atoms with van der Waals surface area (Å²) in [6.07, 6.45) is 2.35. The number of aliphatic hydroxyl groups is 1. The van der Waals surface area contributed by atoms with Crippen molar-refractivity contribution >= 4 is 5.91 Å². The number of rotatable bonds is 7. The quantitative estimate of drug-likeness (QED) is 0.782. The van der Waals surface area contributed by atoms with Crippen LogP contribution in [0.2, 0.25) is 0 Å². The van der Waals surface area contributed by atoms with Crippen LogP contribution in [0.4, 0.5) is 0 Å². The first-order chi connectivity index (χ1) is 13.0. The topological polar surface area (TPSA) is 77.0 Å². The Hall–Kier alpha value is -2.73. The minimum Gasteiger partial charge on any atom is -0.497 e. The molecule has 0 heterocycles. The van der Waals surface area contributed by atoms with Crippen LogP contribution in [-0.2, 0) is 16.8 Å². The van der Waals surface area contributed by atoms with Crippen molar-refractivity contribution in [2.24, 2.45) is 0 Å². The molecule has 0 bridgehead atoms. The van der Waals surface area contributed by atoms with E-state index in [9.17, 15) is 9.90 Å². The molecule has 1 aliphatic carbocycles. The lowest BCUT2D eigenvalue weighted by Crippen LogP contribution is -2.44. The fourth-order valence-corrected chi connectivity index (χ4v) is 3.36. The van der Waals surface area contributed by atoms with E-state index in [-0.39, 0.29) is 19.1 Å². The van der Waals surface area contributed by atoms with Gasteiger partial charge in [-0.15, -0.1) is 0 Å². The maximum absolute atomic E-state index is 12.1. The normalized spacial score (nSPS) is 18.3. The molecular formula is C21H25NO5. The van der Waals surface area contributed by atoms with Gasteiger partial charge in [0.05, 0.1) is 20.8 Å². The van der Waals surface area contributed by atoms with E-state index in [0.717, 1.165) is 35.5 Å². The molecule has 6 heteroatoms. The fourth-order valence-electron chi connectivity index (χ4n) is 3.36. The number of aryl methyl sites for hydroxylation is 1. The van der Waals surface area contributed by atoms with E-state index < -0.39 is 5.60 Å². The number of amides is 1. The number of hydrogen-bond donors (Lipinski definition) is 2. The third-order valence-corrected chi connectivity index (χ3v) is 4.86. The smallest absolute Gasteiger partial charge is 0.258 e. The summed E-state index contributed by atoms with van der Waals surface area (Å²) in [4.78, 5) is 12.1. The number of carbonyl (C=O) groups excluding carboxylic acids is 1. The highest BCUT2D eigenvalue weighted by molar-refractivity contribution is 5.77. The minimum atomic E-state index is -1.07. The molecule has 0 saturated carbocycles. The van der Waals surface area contributed by atoms with E-state index >= 15 is 0 Å². The summed E-state index contributed by atoms with van der Waals surface area (Å²) in [5, 5.41) is 13.9. The first-order valence-corrected chi connectivity index (χ1v) is 8.97. The van der Waals surface area contributed by atoms with Crippen LogP contribution in [0.25, 0.3) is 0 Å². The second-order valence-electron chi connectivity index (χ2n) is 6.65. The molecule has 1 atom stereocenters. The highest BCUT2D eigenvalue weighted by atomic mass is 16.5. The Labute approximate surface area is 159 Å². The lowest BCUT2D eigenvalue weighted by atomic mass is 9.79. The van der Waals surface area contributed by atoms with Crippen LogP contribution in [-0.4, -0.2) is 38.4 Å². The Morgan fingerprint density at radius 2 is 1.74 bits per heavy atom. The van der Waals surface area contributed by atoms with Crippen molar-refractivity contribution in [2.75, 3.05) is 27.4 Å². The minimum absolute atomic E-state index is 0.113. The van der Waals surface area contributed by atoms with Crippen LogP contribution in [0.3, 0.4) is 0 Å². The summed E-state index contributed by atoms with van der Waals surface area (Å²) in [5.74, 6) is 1.80. The number of nitrogens with one attached hydrogen (secondary N) is 1. The molecule has 1 amide bonds. The van der Waals surface area contributed by atoms with E-state index in [2.05, 4.69) is 5.32 Å².